The zero-order valence-corrected chi connectivity index (χ0v) is 10.4. The Balaban J connectivity index is 2.05. The summed E-state index contributed by atoms with van der Waals surface area (Å²) in [6.45, 7) is 1.86. The highest BCUT2D eigenvalue weighted by molar-refractivity contribution is 7.77. The number of H-pyrrole nitrogens is 1. The normalized spacial score (nSPS) is 18.9. The van der Waals surface area contributed by atoms with E-state index in [1.54, 1.807) is 0 Å². The van der Waals surface area contributed by atoms with Crippen molar-refractivity contribution in [3.05, 3.63) is 34.7 Å². The van der Waals surface area contributed by atoms with Crippen LogP contribution in [0.4, 0.5) is 0 Å². The van der Waals surface area contributed by atoms with Crippen LogP contribution in [-0.4, -0.2) is 26.9 Å². The van der Waals surface area contributed by atoms with E-state index in [4.69, 9.17) is 0 Å². The molecule has 17 heavy (non-hydrogen) atoms. The van der Waals surface area contributed by atoms with Gasteiger partial charge in [0.25, 0.3) is 0 Å². The minimum absolute atomic E-state index is 0.00353. The second-order valence-electron chi connectivity index (χ2n) is 4.50. The van der Waals surface area contributed by atoms with E-state index in [0.717, 1.165) is 37.0 Å². The van der Waals surface area contributed by atoms with Crippen LogP contribution in [0.25, 0.3) is 11.0 Å². The molecule has 0 atom stereocenters. The average molecular weight is 249 g/mol. The molecule has 2 heterocycles. The van der Waals surface area contributed by atoms with Gasteiger partial charge in [0.05, 0.1) is 11.0 Å². The van der Waals surface area contributed by atoms with E-state index in [2.05, 4.69) is 17.8 Å². The van der Waals surface area contributed by atoms with Crippen molar-refractivity contribution in [1.82, 2.24) is 13.9 Å². The van der Waals surface area contributed by atoms with Gasteiger partial charge in [0, 0.05) is 19.1 Å². The van der Waals surface area contributed by atoms with E-state index in [9.17, 15) is 4.79 Å². The molecule has 5 heteroatoms. The van der Waals surface area contributed by atoms with Crippen molar-refractivity contribution in [2.45, 2.75) is 18.9 Å². The Hall–Kier alpha value is -1.20. The summed E-state index contributed by atoms with van der Waals surface area (Å²) >= 11 is 4.34. The number of thiol groups is 1. The summed E-state index contributed by atoms with van der Waals surface area (Å²) in [4.78, 5) is 14.9. The minimum atomic E-state index is 0.00353. The lowest BCUT2D eigenvalue weighted by Gasteiger charge is -2.28. The molecule has 1 aliphatic rings. The Kier molecular flexibility index (Phi) is 2.72. The van der Waals surface area contributed by atoms with Gasteiger partial charge < -0.3 is 4.98 Å². The van der Waals surface area contributed by atoms with E-state index in [-0.39, 0.29) is 5.69 Å². The van der Waals surface area contributed by atoms with Crippen LogP contribution >= 0.6 is 12.8 Å². The number of piperidine rings is 1. The number of hydrogen-bond donors (Lipinski definition) is 2. The highest BCUT2D eigenvalue weighted by atomic mass is 32.1. The summed E-state index contributed by atoms with van der Waals surface area (Å²) in [5.41, 5.74) is 1.93. The molecule has 4 nitrogen and oxygen atoms in total. The minimum Gasteiger partial charge on any atom is -0.306 e. The summed E-state index contributed by atoms with van der Waals surface area (Å²) in [7, 11) is 0. The van der Waals surface area contributed by atoms with Crippen LogP contribution in [0.2, 0.25) is 0 Å². The smallest absolute Gasteiger partial charge is 0.306 e. The maximum atomic E-state index is 12.0. The van der Waals surface area contributed by atoms with Gasteiger partial charge in [-0.2, -0.15) is 0 Å². The Bertz CT molecular complexity index is 581. The zero-order valence-electron chi connectivity index (χ0n) is 9.47. The fourth-order valence-electron chi connectivity index (χ4n) is 2.55. The first-order chi connectivity index (χ1) is 8.25. The fraction of sp³-hybridized carbons (Fsp3) is 0.417. The first-order valence-electron chi connectivity index (χ1n) is 5.89. The molecule has 0 radical (unpaired) electrons. The summed E-state index contributed by atoms with van der Waals surface area (Å²) in [5.74, 6) is 0. The first-order valence-corrected chi connectivity index (χ1v) is 6.29. The van der Waals surface area contributed by atoms with Gasteiger partial charge in [0.2, 0.25) is 0 Å². The van der Waals surface area contributed by atoms with Gasteiger partial charge in [-0.25, -0.2) is 4.79 Å². The van der Waals surface area contributed by atoms with E-state index in [1.165, 1.54) is 0 Å². The largest absolute Gasteiger partial charge is 0.326 e. The van der Waals surface area contributed by atoms with E-state index in [0.29, 0.717) is 6.04 Å². The molecule has 90 valence electrons. The number of aromatic nitrogens is 2. The number of fused-ring (bicyclic) bond motifs is 1. The predicted octanol–water partition coefficient (Wildman–Crippen LogP) is 1.81. The number of benzene rings is 1. The van der Waals surface area contributed by atoms with Crippen molar-refractivity contribution in [1.29, 1.82) is 0 Å². The fourth-order valence-corrected chi connectivity index (χ4v) is 2.78. The van der Waals surface area contributed by atoms with E-state index < -0.39 is 0 Å². The molecular formula is C12H15N3OS. The molecule has 0 spiro atoms. The SMILES string of the molecule is O=c1[nH]c2ccccc2n1C1CCN(S)CC1. The van der Waals surface area contributed by atoms with Crippen LogP contribution in [0.1, 0.15) is 18.9 Å². The third-order valence-electron chi connectivity index (χ3n) is 3.43. The highest BCUT2D eigenvalue weighted by Crippen LogP contribution is 2.25. The average Bonchev–Trinajstić information content (AvgIpc) is 2.66. The van der Waals surface area contributed by atoms with Gasteiger partial charge in [-0.3, -0.25) is 8.87 Å². The number of aromatic amines is 1. The van der Waals surface area contributed by atoms with Crippen LogP contribution in [0, 0.1) is 0 Å². The molecule has 1 N–H and O–H groups in total. The standard InChI is InChI=1S/C12H15N3OS/c16-12-13-10-3-1-2-4-11(10)15(12)9-5-7-14(17)8-6-9/h1-4,9,17H,5-8H2,(H,13,16). The van der Waals surface area contributed by atoms with Gasteiger partial charge in [0.1, 0.15) is 0 Å². The van der Waals surface area contributed by atoms with Gasteiger partial charge in [-0.05, 0) is 25.0 Å². The van der Waals surface area contributed by atoms with Crippen LogP contribution in [0.15, 0.2) is 29.1 Å². The summed E-state index contributed by atoms with van der Waals surface area (Å²) in [6.07, 6.45) is 1.95. The van der Waals surface area contributed by atoms with Crippen molar-refractivity contribution in [3.8, 4) is 0 Å². The lowest BCUT2D eigenvalue weighted by atomic mass is 10.1. The molecule has 0 amide bonds. The topological polar surface area (TPSA) is 41.0 Å². The highest BCUT2D eigenvalue weighted by Gasteiger charge is 2.21. The third kappa shape index (κ3) is 1.89. The van der Waals surface area contributed by atoms with Crippen molar-refractivity contribution < 1.29 is 0 Å². The summed E-state index contributed by atoms with van der Waals surface area (Å²) < 4.78 is 3.91. The molecule has 1 aliphatic heterocycles. The van der Waals surface area contributed by atoms with Crippen LogP contribution in [0.3, 0.4) is 0 Å². The molecule has 0 saturated carbocycles. The Morgan fingerprint density at radius 3 is 2.71 bits per heavy atom. The Morgan fingerprint density at radius 2 is 1.94 bits per heavy atom. The first kappa shape index (κ1) is 10.9. The van der Waals surface area contributed by atoms with Crippen molar-refractivity contribution in [3.63, 3.8) is 0 Å². The molecule has 1 aromatic carbocycles. The van der Waals surface area contributed by atoms with Gasteiger partial charge in [-0.1, -0.05) is 24.9 Å². The molecule has 2 aromatic rings. The second-order valence-corrected chi connectivity index (χ2v) is 5.07. The van der Waals surface area contributed by atoms with Crippen LogP contribution in [-0.2, 0) is 0 Å². The molecular weight excluding hydrogens is 234 g/mol. The maximum Gasteiger partial charge on any atom is 0.326 e. The Labute approximate surface area is 105 Å². The third-order valence-corrected chi connectivity index (χ3v) is 3.83. The van der Waals surface area contributed by atoms with E-state index >= 15 is 0 Å². The van der Waals surface area contributed by atoms with Crippen LogP contribution in [0.5, 0.6) is 0 Å². The number of rotatable bonds is 1. The van der Waals surface area contributed by atoms with E-state index in [1.807, 2.05) is 33.1 Å². The van der Waals surface area contributed by atoms with Crippen molar-refractivity contribution >= 4 is 23.8 Å². The summed E-state index contributed by atoms with van der Waals surface area (Å²) in [6, 6.07) is 8.15. The van der Waals surface area contributed by atoms with Crippen molar-refractivity contribution in [2.24, 2.45) is 0 Å². The molecule has 0 bridgehead atoms. The molecule has 1 aromatic heterocycles. The molecule has 3 rings (SSSR count). The van der Waals surface area contributed by atoms with Gasteiger partial charge in [-0.15, -0.1) is 0 Å². The maximum absolute atomic E-state index is 12.0. The molecule has 1 fully saturated rings. The lowest BCUT2D eigenvalue weighted by Crippen LogP contribution is -2.32. The number of imidazole rings is 1. The second kappa shape index (κ2) is 4.23. The number of para-hydroxylation sites is 2. The quantitative estimate of drug-likeness (QED) is 0.757. The molecule has 1 saturated heterocycles. The molecule has 0 unspecified atom stereocenters. The zero-order chi connectivity index (χ0) is 11.8. The summed E-state index contributed by atoms with van der Waals surface area (Å²) in [5, 5.41) is 0. The Morgan fingerprint density at radius 1 is 1.24 bits per heavy atom. The predicted molar refractivity (Wildman–Crippen MR) is 71.4 cm³/mol. The van der Waals surface area contributed by atoms with Gasteiger partial charge >= 0.3 is 5.69 Å². The number of nitrogens with zero attached hydrogens (tertiary/aromatic N) is 2. The van der Waals surface area contributed by atoms with Crippen molar-refractivity contribution in [2.75, 3.05) is 13.1 Å². The van der Waals surface area contributed by atoms with Gasteiger partial charge in [0.15, 0.2) is 0 Å². The molecule has 0 aliphatic carbocycles. The lowest BCUT2D eigenvalue weighted by molar-refractivity contribution is 0.293. The number of hydrogen-bond acceptors (Lipinski definition) is 3. The monoisotopic (exact) mass is 249 g/mol. The number of nitrogens with one attached hydrogen (secondary N) is 1. The van der Waals surface area contributed by atoms with Crippen LogP contribution < -0.4 is 5.69 Å².